The largest absolute Gasteiger partial charge is 0.410 e. The van der Waals surface area contributed by atoms with Gasteiger partial charge in [0.2, 0.25) is 5.91 Å². The van der Waals surface area contributed by atoms with Crippen molar-refractivity contribution in [3.63, 3.8) is 0 Å². The predicted octanol–water partition coefficient (Wildman–Crippen LogP) is 3.13. The highest BCUT2D eigenvalue weighted by atomic mass is 19.4. The summed E-state index contributed by atoms with van der Waals surface area (Å²) in [5, 5.41) is 7.28. The maximum absolute atomic E-state index is 13.5. The molecule has 1 aliphatic carbocycles. The van der Waals surface area contributed by atoms with E-state index < -0.39 is 12.2 Å². The number of nitrogens with zero attached hydrogens (tertiary/aromatic N) is 3. The van der Waals surface area contributed by atoms with E-state index >= 15 is 0 Å². The second kappa shape index (κ2) is 5.92. The summed E-state index contributed by atoms with van der Waals surface area (Å²) in [5.41, 5.74) is 0.576. The van der Waals surface area contributed by atoms with Crippen LogP contribution in [-0.2, 0) is 4.79 Å². The lowest BCUT2D eigenvalue weighted by atomic mass is 9.85. The van der Waals surface area contributed by atoms with Gasteiger partial charge in [-0.15, -0.1) is 0 Å². The number of fused-ring (bicyclic) bond motifs is 1. The normalized spacial score (nSPS) is 29.9. The molecule has 1 saturated carbocycles. The smallest absolute Gasteiger partial charge is 0.367 e. The number of amides is 1. The van der Waals surface area contributed by atoms with E-state index in [0.717, 1.165) is 36.9 Å². The fourth-order valence-corrected chi connectivity index (χ4v) is 4.16. The molecule has 1 saturated heterocycles. The third-order valence-electron chi connectivity index (χ3n) is 5.61. The number of likely N-dealkylation sites (tertiary alicyclic amines) is 1. The van der Waals surface area contributed by atoms with E-state index in [1.807, 2.05) is 4.90 Å². The molecule has 1 aromatic heterocycles. The minimum atomic E-state index is -4.33. The highest BCUT2D eigenvalue weighted by Crippen LogP contribution is 2.42. The summed E-state index contributed by atoms with van der Waals surface area (Å²) >= 11 is 0. The highest BCUT2D eigenvalue weighted by Gasteiger charge is 2.48. The van der Waals surface area contributed by atoms with Crippen LogP contribution in [0.4, 0.5) is 19.0 Å². The Hall–Kier alpha value is -1.73. The predicted molar refractivity (Wildman–Crippen MR) is 86.1 cm³/mol. The molecule has 25 heavy (non-hydrogen) atoms. The number of aromatic nitrogens is 2. The number of alkyl halides is 3. The molecule has 0 bridgehead atoms. The Morgan fingerprint density at radius 1 is 1.32 bits per heavy atom. The van der Waals surface area contributed by atoms with Gasteiger partial charge in [-0.05, 0) is 44.9 Å². The van der Waals surface area contributed by atoms with Gasteiger partial charge in [0, 0.05) is 31.1 Å². The van der Waals surface area contributed by atoms with Crippen LogP contribution in [0.5, 0.6) is 0 Å². The molecule has 0 radical (unpaired) electrons. The Morgan fingerprint density at radius 2 is 2.08 bits per heavy atom. The lowest BCUT2D eigenvalue weighted by Crippen LogP contribution is -2.49. The first kappa shape index (κ1) is 16.7. The zero-order chi connectivity index (χ0) is 17.8. The van der Waals surface area contributed by atoms with Gasteiger partial charge in [-0.3, -0.25) is 4.79 Å². The number of rotatable bonds is 2. The summed E-state index contributed by atoms with van der Waals surface area (Å²) in [6, 6.07) is -0.220. The van der Waals surface area contributed by atoms with Crippen molar-refractivity contribution >= 4 is 11.7 Å². The molecule has 3 atom stereocenters. The van der Waals surface area contributed by atoms with Gasteiger partial charge < -0.3 is 10.2 Å². The number of piperidine rings is 1. The first-order chi connectivity index (χ1) is 11.8. The molecule has 2 aliphatic heterocycles. The monoisotopic (exact) mass is 356 g/mol. The maximum Gasteiger partial charge on any atom is 0.410 e. The highest BCUT2D eigenvalue weighted by molar-refractivity contribution is 5.81. The average molecular weight is 356 g/mol. The average Bonchev–Trinajstić information content (AvgIpc) is 3.33. The Kier molecular flexibility index (Phi) is 3.96. The zero-order valence-electron chi connectivity index (χ0n) is 14.2. The quantitative estimate of drug-likeness (QED) is 0.886. The lowest BCUT2D eigenvalue weighted by Gasteiger charge is -2.41. The van der Waals surface area contributed by atoms with Crippen LogP contribution in [0.25, 0.3) is 0 Å². The van der Waals surface area contributed by atoms with Gasteiger partial charge in [-0.25, -0.2) is 4.68 Å². The maximum atomic E-state index is 13.5. The van der Waals surface area contributed by atoms with Crippen LogP contribution in [0.15, 0.2) is 6.07 Å². The Bertz CT molecular complexity index is 667. The first-order valence-corrected chi connectivity index (χ1v) is 9.01. The summed E-state index contributed by atoms with van der Waals surface area (Å²) in [7, 11) is 0. The molecule has 1 N–H and O–H groups in total. The second-order valence-corrected chi connectivity index (χ2v) is 7.62. The van der Waals surface area contributed by atoms with Gasteiger partial charge in [-0.1, -0.05) is 0 Å². The van der Waals surface area contributed by atoms with Crippen molar-refractivity contribution in [2.24, 2.45) is 11.8 Å². The van der Waals surface area contributed by atoms with Crippen LogP contribution in [0, 0.1) is 18.8 Å². The van der Waals surface area contributed by atoms with Gasteiger partial charge in [0.05, 0.1) is 5.69 Å². The van der Waals surface area contributed by atoms with Crippen LogP contribution >= 0.6 is 0 Å². The fourth-order valence-electron chi connectivity index (χ4n) is 4.16. The lowest BCUT2D eigenvalue weighted by molar-refractivity contribution is -0.175. The van der Waals surface area contributed by atoms with Crippen molar-refractivity contribution in [3.8, 4) is 0 Å². The molecular formula is C17H23F3N4O. The molecular weight excluding hydrogens is 333 g/mol. The molecule has 138 valence electrons. The van der Waals surface area contributed by atoms with E-state index in [4.69, 9.17) is 0 Å². The van der Waals surface area contributed by atoms with E-state index in [1.54, 1.807) is 13.0 Å². The molecule has 2 fully saturated rings. The van der Waals surface area contributed by atoms with Crippen LogP contribution < -0.4 is 5.32 Å². The van der Waals surface area contributed by atoms with Crippen LogP contribution in [0.1, 0.15) is 43.8 Å². The topological polar surface area (TPSA) is 50.2 Å². The van der Waals surface area contributed by atoms with E-state index in [2.05, 4.69) is 10.4 Å². The van der Waals surface area contributed by atoms with Crippen LogP contribution in [0.2, 0.25) is 0 Å². The Morgan fingerprint density at radius 3 is 2.76 bits per heavy atom. The number of anilines is 1. The van der Waals surface area contributed by atoms with E-state index in [9.17, 15) is 18.0 Å². The summed E-state index contributed by atoms with van der Waals surface area (Å²) in [6.45, 7) is 3.00. The van der Waals surface area contributed by atoms with Crippen molar-refractivity contribution in [1.82, 2.24) is 14.7 Å². The van der Waals surface area contributed by atoms with E-state index in [1.165, 1.54) is 0 Å². The third-order valence-corrected chi connectivity index (χ3v) is 5.61. The van der Waals surface area contributed by atoms with Gasteiger partial charge in [0.1, 0.15) is 5.82 Å². The van der Waals surface area contributed by atoms with Crippen molar-refractivity contribution in [2.45, 2.75) is 57.3 Å². The number of nitrogens with one attached hydrogen (secondary N) is 1. The third kappa shape index (κ3) is 3.22. The SMILES string of the molecule is Cc1cc2n(n1)[C@@H](C(F)(F)F)C[C@@H]([C@@H]1CCCN(C(=O)C3CC3)C1)N2. The molecule has 0 spiro atoms. The minimum Gasteiger partial charge on any atom is -0.367 e. The summed E-state index contributed by atoms with van der Waals surface area (Å²) in [5.74, 6) is 0.825. The molecule has 3 aliphatic rings. The van der Waals surface area contributed by atoms with Gasteiger partial charge >= 0.3 is 6.18 Å². The van der Waals surface area contributed by atoms with Crippen LogP contribution in [-0.4, -0.2) is 45.9 Å². The number of hydrogen-bond acceptors (Lipinski definition) is 3. The first-order valence-electron chi connectivity index (χ1n) is 9.01. The number of hydrogen-bond donors (Lipinski definition) is 1. The number of halogens is 3. The van der Waals surface area contributed by atoms with Gasteiger partial charge in [-0.2, -0.15) is 18.3 Å². The molecule has 0 aromatic carbocycles. The zero-order valence-corrected chi connectivity index (χ0v) is 14.2. The number of carbonyl (C=O) groups excluding carboxylic acids is 1. The van der Waals surface area contributed by atoms with Crippen molar-refractivity contribution in [1.29, 1.82) is 0 Å². The summed E-state index contributed by atoms with van der Waals surface area (Å²) in [4.78, 5) is 14.2. The summed E-state index contributed by atoms with van der Waals surface area (Å²) in [6.07, 6.45) is -0.744. The van der Waals surface area contributed by atoms with Crippen molar-refractivity contribution in [2.75, 3.05) is 18.4 Å². The fraction of sp³-hybridized carbons (Fsp3) is 0.765. The molecule has 1 amide bonds. The van der Waals surface area contributed by atoms with Crippen molar-refractivity contribution < 1.29 is 18.0 Å². The molecule has 0 unspecified atom stereocenters. The molecule has 1 aromatic rings. The Balaban J connectivity index is 1.53. The molecule has 4 rings (SSSR count). The second-order valence-electron chi connectivity index (χ2n) is 7.62. The number of carbonyl (C=O) groups is 1. The molecule has 5 nitrogen and oxygen atoms in total. The Labute approximate surface area is 144 Å². The van der Waals surface area contributed by atoms with E-state index in [0.29, 0.717) is 18.1 Å². The number of aryl methyl sites for hydroxylation is 1. The summed E-state index contributed by atoms with van der Waals surface area (Å²) < 4.78 is 41.7. The molecule has 3 heterocycles. The standard InChI is InChI=1S/C17H23F3N4O/c1-10-7-15-21-13(8-14(17(18,19)20)24(15)22-10)12-3-2-6-23(9-12)16(25)11-4-5-11/h7,11-14,21H,2-6,8-9H2,1H3/t12-,13+,14-/m1/s1. The van der Waals surface area contributed by atoms with Gasteiger partial charge in [0.25, 0.3) is 0 Å². The van der Waals surface area contributed by atoms with Crippen LogP contribution in [0.3, 0.4) is 0 Å². The van der Waals surface area contributed by atoms with Gasteiger partial charge in [0.15, 0.2) is 6.04 Å². The van der Waals surface area contributed by atoms with E-state index in [-0.39, 0.29) is 30.2 Å². The van der Waals surface area contributed by atoms with Crippen molar-refractivity contribution in [3.05, 3.63) is 11.8 Å². The molecule has 8 heteroatoms. The minimum absolute atomic E-state index is 0.0340.